The average molecular weight is 335 g/mol. The molecule has 6 N–H and O–H groups in total. The van der Waals surface area contributed by atoms with Gasteiger partial charge in [-0.2, -0.15) is 12.6 Å². The lowest BCUT2D eigenvalue weighted by atomic mass is 10.0. The average Bonchev–Trinajstić information content (AvgIpc) is 2.37. The molecule has 0 aliphatic heterocycles. The fourth-order valence-corrected chi connectivity index (χ4v) is 1.65. The highest BCUT2D eigenvalue weighted by Gasteiger charge is 2.33. The molecule has 0 saturated heterocycles. The van der Waals surface area contributed by atoms with Crippen LogP contribution in [0.15, 0.2) is 0 Å². The molecule has 0 fully saturated rings. The summed E-state index contributed by atoms with van der Waals surface area (Å²) in [6, 6.07) is -2.25. The summed E-state index contributed by atoms with van der Waals surface area (Å²) >= 11 is 4.21. The Morgan fingerprint density at radius 3 is 2.18 bits per heavy atom. The molecule has 0 aromatic carbocycles. The van der Waals surface area contributed by atoms with Crippen LogP contribution in [0.2, 0.25) is 0 Å². The molecule has 0 radical (unpaired) electrons. The van der Waals surface area contributed by atoms with Gasteiger partial charge in [0.2, 0.25) is 11.8 Å². The molecule has 0 unspecified atom stereocenters. The minimum Gasteiger partial charge on any atom is -0.480 e. The van der Waals surface area contributed by atoms with Crippen LogP contribution in [0.5, 0.6) is 0 Å². The molecule has 0 aliphatic rings. The molecule has 2 atom stereocenters. The van der Waals surface area contributed by atoms with Crippen molar-refractivity contribution in [2.24, 2.45) is 5.73 Å². The van der Waals surface area contributed by atoms with E-state index in [1.54, 1.807) is 13.8 Å². The van der Waals surface area contributed by atoms with Crippen LogP contribution in [-0.2, 0) is 19.2 Å². The Kier molecular flexibility index (Phi) is 7.88. The standard InChI is InChI=1S/C12H21N3O6S/c1-12(2,22)9(10(19)14-5-8(17)18)15-7(16)4-3-6(13)11(20)21/h6,9,22H,3-5,13H2,1-2H3,(H,14,19)(H,15,16)(H,17,18)(H,20,21)/t6-,9+/m0/s1. The lowest BCUT2D eigenvalue weighted by molar-refractivity contribution is -0.139. The number of nitrogens with two attached hydrogens (primary N) is 1. The molecule has 22 heavy (non-hydrogen) atoms. The minimum absolute atomic E-state index is 0.0857. The second-order valence-corrected chi connectivity index (χ2v) is 6.40. The minimum atomic E-state index is -1.22. The van der Waals surface area contributed by atoms with Crippen molar-refractivity contribution in [2.45, 2.75) is 43.5 Å². The van der Waals surface area contributed by atoms with Gasteiger partial charge in [0.05, 0.1) is 0 Å². The monoisotopic (exact) mass is 335 g/mol. The van der Waals surface area contributed by atoms with Gasteiger partial charge in [-0.1, -0.05) is 0 Å². The third-order valence-electron chi connectivity index (χ3n) is 2.69. The Morgan fingerprint density at radius 2 is 1.77 bits per heavy atom. The zero-order chi connectivity index (χ0) is 17.5. The molecular weight excluding hydrogens is 314 g/mol. The summed E-state index contributed by atoms with van der Waals surface area (Å²) in [5.74, 6) is -3.71. The van der Waals surface area contributed by atoms with Crippen LogP contribution in [0.3, 0.4) is 0 Å². The number of carboxylic acid groups (broad SMARTS) is 2. The van der Waals surface area contributed by atoms with Gasteiger partial charge in [0.1, 0.15) is 18.6 Å². The Balaban J connectivity index is 4.66. The smallest absolute Gasteiger partial charge is 0.322 e. The summed E-state index contributed by atoms with van der Waals surface area (Å²) in [6.45, 7) is 2.56. The highest BCUT2D eigenvalue weighted by Crippen LogP contribution is 2.18. The van der Waals surface area contributed by atoms with Gasteiger partial charge in [-0.15, -0.1) is 0 Å². The number of hydrogen-bond acceptors (Lipinski definition) is 6. The molecule has 0 heterocycles. The van der Waals surface area contributed by atoms with Gasteiger partial charge in [-0.05, 0) is 20.3 Å². The fraction of sp³-hybridized carbons (Fsp3) is 0.667. The summed E-state index contributed by atoms with van der Waals surface area (Å²) in [5.41, 5.74) is 5.28. The topological polar surface area (TPSA) is 159 Å². The number of nitrogens with one attached hydrogen (secondary N) is 2. The number of amides is 2. The Labute approximate surface area is 133 Å². The molecule has 9 nitrogen and oxygen atoms in total. The Morgan fingerprint density at radius 1 is 1.23 bits per heavy atom. The maximum absolute atomic E-state index is 11.9. The van der Waals surface area contributed by atoms with Gasteiger partial charge in [0, 0.05) is 11.2 Å². The number of aliphatic carboxylic acids is 2. The number of carbonyl (C=O) groups excluding carboxylic acids is 2. The largest absolute Gasteiger partial charge is 0.480 e. The molecule has 126 valence electrons. The lowest BCUT2D eigenvalue weighted by Crippen LogP contribution is -2.56. The van der Waals surface area contributed by atoms with Gasteiger partial charge in [0.25, 0.3) is 0 Å². The Bertz CT molecular complexity index is 449. The van der Waals surface area contributed by atoms with Crippen molar-refractivity contribution >= 4 is 36.4 Å². The summed E-state index contributed by atoms with van der Waals surface area (Å²) in [4.78, 5) is 44.7. The van der Waals surface area contributed by atoms with Crippen LogP contribution < -0.4 is 16.4 Å². The van der Waals surface area contributed by atoms with Crippen molar-refractivity contribution in [3.63, 3.8) is 0 Å². The second kappa shape index (κ2) is 8.59. The molecule has 0 spiro atoms. The maximum Gasteiger partial charge on any atom is 0.322 e. The molecule has 10 heteroatoms. The van der Waals surface area contributed by atoms with E-state index in [0.29, 0.717) is 0 Å². The summed E-state index contributed by atoms with van der Waals surface area (Å²) in [5, 5.41) is 21.7. The van der Waals surface area contributed by atoms with Crippen LogP contribution in [-0.4, -0.2) is 57.3 Å². The first kappa shape index (κ1) is 20.2. The third-order valence-corrected chi connectivity index (χ3v) is 2.95. The highest BCUT2D eigenvalue weighted by atomic mass is 32.1. The van der Waals surface area contributed by atoms with Crippen molar-refractivity contribution in [1.82, 2.24) is 10.6 Å². The van der Waals surface area contributed by atoms with Crippen molar-refractivity contribution in [3.05, 3.63) is 0 Å². The number of rotatable bonds is 9. The zero-order valence-electron chi connectivity index (χ0n) is 12.3. The van der Waals surface area contributed by atoms with E-state index in [1.807, 2.05) is 0 Å². The number of hydrogen-bond donors (Lipinski definition) is 6. The van der Waals surface area contributed by atoms with E-state index in [1.165, 1.54) is 0 Å². The van der Waals surface area contributed by atoms with Crippen molar-refractivity contribution in [3.8, 4) is 0 Å². The molecule has 0 aromatic heterocycles. The predicted molar refractivity (Wildman–Crippen MR) is 80.5 cm³/mol. The highest BCUT2D eigenvalue weighted by molar-refractivity contribution is 7.81. The van der Waals surface area contributed by atoms with Crippen molar-refractivity contribution < 1.29 is 29.4 Å². The predicted octanol–water partition coefficient (Wildman–Crippen LogP) is -1.43. The molecule has 0 saturated carbocycles. The lowest BCUT2D eigenvalue weighted by Gasteiger charge is -2.29. The van der Waals surface area contributed by atoms with E-state index < -0.39 is 47.1 Å². The van der Waals surface area contributed by atoms with E-state index in [-0.39, 0.29) is 12.8 Å². The van der Waals surface area contributed by atoms with E-state index in [2.05, 4.69) is 23.3 Å². The molecule has 2 amide bonds. The van der Waals surface area contributed by atoms with Crippen molar-refractivity contribution in [1.29, 1.82) is 0 Å². The van der Waals surface area contributed by atoms with Gasteiger partial charge in [0.15, 0.2) is 0 Å². The molecule has 0 bridgehead atoms. The zero-order valence-corrected chi connectivity index (χ0v) is 13.2. The van der Waals surface area contributed by atoms with Gasteiger partial charge < -0.3 is 26.6 Å². The molecule has 0 aliphatic carbocycles. The van der Waals surface area contributed by atoms with Gasteiger partial charge >= 0.3 is 11.9 Å². The quantitative estimate of drug-likeness (QED) is 0.282. The first-order valence-electron chi connectivity index (χ1n) is 6.44. The van der Waals surface area contributed by atoms with Crippen LogP contribution in [0.25, 0.3) is 0 Å². The maximum atomic E-state index is 11.9. The second-order valence-electron chi connectivity index (χ2n) is 5.25. The van der Waals surface area contributed by atoms with Crippen LogP contribution in [0, 0.1) is 0 Å². The number of carboxylic acids is 2. The third kappa shape index (κ3) is 7.84. The molecular formula is C12H21N3O6S. The Hall–Kier alpha value is -1.81. The van der Waals surface area contributed by atoms with Crippen LogP contribution in [0.1, 0.15) is 26.7 Å². The SMILES string of the molecule is CC(C)(S)[C@H](NC(=O)CC[C@H](N)C(=O)O)C(=O)NCC(=O)O. The fourth-order valence-electron chi connectivity index (χ4n) is 1.47. The summed E-state index contributed by atoms with van der Waals surface area (Å²) < 4.78 is -0.951. The summed E-state index contributed by atoms with van der Waals surface area (Å²) in [7, 11) is 0. The van der Waals surface area contributed by atoms with E-state index >= 15 is 0 Å². The number of carbonyl (C=O) groups is 4. The molecule has 0 rings (SSSR count). The van der Waals surface area contributed by atoms with E-state index in [4.69, 9.17) is 15.9 Å². The first-order chi connectivity index (χ1) is 9.95. The first-order valence-corrected chi connectivity index (χ1v) is 6.89. The van der Waals surface area contributed by atoms with Gasteiger partial charge in [-0.3, -0.25) is 19.2 Å². The van der Waals surface area contributed by atoms with Crippen LogP contribution in [0.4, 0.5) is 0 Å². The molecule has 0 aromatic rings. The van der Waals surface area contributed by atoms with Crippen molar-refractivity contribution in [2.75, 3.05) is 6.54 Å². The number of thiol groups is 1. The van der Waals surface area contributed by atoms with Crippen LogP contribution >= 0.6 is 12.6 Å². The van der Waals surface area contributed by atoms with Gasteiger partial charge in [-0.25, -0.2) is 0 Å². The van der Waals surface area contributed by atoms with E-state index in [0.717, 1.165) is 0 Å². The normalized spacial score (nSPS) is 13.8. The van der Waals surface area contributed by atoms with E-state index in [9.17, 15) is 19.2 Å². The summed E-state index contributed by atoms with van der Waals surface area (Å²) in [6.07, 6.45) is -0.266.